The van der Waals surface area contributed by atoms with Crippen LogP contribution in [0, 0.1) is 0 Å². The fraction of sp³-hybridized carbons (Fsp3) is 0.250. The number of ketones is 1. The molecule has 0 saturated carbocycles. The lowest BCUT2D eigenvalue weighted by atomic mass is 10.1. The van der Waals surface area contributed by atoms with E-state index in [9.17, 15) is 4.79 Å². The normalized spacial score (nSPS) is 19.2. The van der Waals surface area contributed by atoms with E-state index in [0.29, 0.717) is 6.54 Å². The van der Waals surface area contributed by atoms with E-state index in [1.807, 2.05) is 59.6 Å². The maximum atomic E-state index is 11.9. The van der Waals surface area contributed by atoms with Crippen molar-refractivity contribution in [2.75, 3.05) is 13.6 Å². The highest BCUT2D eigenvalue weighted by atomic mass is 16.1. The van der Waals surface area contributed by atoms with Crippen molar-refractivity contribution >= 4 is 5.78 Å². The van der Waals surface area contributed by atoms with Crippen LogP contribution in [0.5, 0.6) is 0 Å². The Bertz CT molecular complexity index is 402. The summed E-state index contributed by atoms with van der Waals surface area (Å²) in [6.45, 7) is 0.312. The van der Waals surface area contributed by atoms with Gasteiger partial charge in [0.15, 0.2) is 12.1 Å². The standard InChI is InChI=1S/C12H15N3O/c1-14-7-8-15(12(14)13)9-11(16)10-5-3-2-4-6-10/h2-8,12H,9,13H2,1H3. The van der Waals surface area contributed by atoms with Gasteiger partial charge in [0.05, 0.1) is 6.54 Å². The summed E-state index contributed by atoms with van der Waals surface area (Å²) in [5, 5.41) is 0. The Kier molecular flexibility index (Phi) is 2.92. The summed E-state index contributed by atoms with van der Waals surface area (Å²) in [6, 6.07) is 9.25. The molecule has 1 atom stereocenters. The van der Waals surface area contributed by atoms with Crippen molar-refractivity contribution in [3.05, 3.63) is 48.3 Å². The minimum atomic E-state index is -0.243. The molecule has 4 nitrogen and oxygen atoms in total. The highest BCUT2D eigenvalue weighted by Gasteiger charge is 2.21. The lowest BCUT2D eigenvalue weighted by molar-refractivity contribution is 0.0904. The Hall–Kier alpha value is -1.81. The first kappa shape index (κ1) is 10.7. The Morgan fingerprint density at radius 1 is 1.31 bits per heavy atom. The Labute approximate surface area is 94.9 Å². The molecule has 1 aromatic rings. The van der Waals surface area contributed by atoms with Gasteiger partial charge in [-0.2, -0.15) is 0 Å². The van der Waals surface area contributed by atoms with Gasteiger partial charge in [0.25, 0.3) is 0 Å². The van der Waals surface area contributed by atoms with Crippen LogP contribution in [0.1, 0.15) is 10.4 Å². The molecule has 0 aliphatic carbocycles. The minimum absolute atomic E-state index is 0.0796. The molecule has 1 aromatic carbocycles. The molecule has 0 amide bonds. The number of Topliss-reactive ketones (excluding diaryl/α,β-unsaturated/α-hetero) is 1. The summed E-state index contributed by atoms with van der Waals surface area (Å²) < 4.78 is 0. The molecule has 2 N–H and O–H groups in total. The third-order valence-corrected chi connectivity index (χ3v) is 2.67. The topological polar surface area (TPSA) is 49.6 Å². The molecule has 16 heavy (non-hydrogen) atoms. The lowest BCUT2D eigenvalue weighted by Crippen LogP contribution is -2.45. The molecule has 4 heteroatoms. The quantitative estimate of drug-likeness (QED) is 0.762. The zero-order chi connectivity index (χ0) is 11.5. The second kappa shape index (κ2) is 4.37. The molecule has 84 valence electrons. The van der Waals surface area contributed by atoms with Crippen molar-refractivity contribution in [2.45, 2.75) is 6.29 Å². The van der Waals surface area contributed by atoms with Crippen molar-refractivity contribution in [1.82, 2.24) is 9.80 Å². The van der Waals surface area contributed by atoms with Crippen molar-refractivity contribution < 1.29 is 4.79 Å². The predicted octanol–water partition coefficient (Wildman–Crippen LogP) is 0.830. The van der Waals surface area contributed by atoms with Crippen molar-refractivity contribution in [3.63, 3.8) is 0 Å². The highest BCUT2D eigenvalue weighted by Crippen LogP contribution is 2.10. The summed E-state index contributed by atoms with van der Waals surface area (Å²) in [4.78, 5) is 15.6. The van der Waals surface area contributed by atoms with Crippen LogP contribution in [0.3, 0.4) is 0 Å². The molecule has 1 unspecified atom stereocenters. The number of hydrogen-bond donors (Lipinski definition) is 1. The van der Waals surface area contributed by atoms with E-state index in [4.69, 9.17) is 5.73 Å². The molecule has 0 bridgehead atoms. The minimum Gasteiger partial charge on any atom is -0.347 e. The third-order valence-electron chi connectivity index (χ3n) is 2.67. The van der Waals surface area contributed by atoms with E-state index in [1.54, 1.807) is 0 Å². The van der Waals surface area contributed by atoms with Crippen LogP contribution >= 0.6 is 0 Å². The molecular formula is C12H15N3O. The summed E-state index contributed by atoms with van der Waals surface area (Å²) in [6.07, 6.45) is 3.46. The SMILES string of the molecule is CN1C=CN(CC(=O)c2ccccc2)C1N. The van der Waals surface area contributed by atoms with Crippen LogP contribution in [0.4, 0.5) is 0 Å². The van der Waals surface area contributed by atoms with Crippen LogP contribution in [-0.2, 0) is 0 Å². The summed E-state index contributed by atoms with van der Waals surface area (Å²) >= 11 is 0. The van der Waals surface area contributed by atoms with Gasteiger partial charge in [0, 0.05) is 25.0 Å². The van der Waals surface area contributed by atoms with Gasteiger partial charge in [0.2, 0.25) is 0 Å². The van der Waals surface area contributed by atoms with Crippen molar-refractivity contribution in [2.24, 2.45) is 5.73 Å². The number of nitrogens with two attached hydrogens (primary N) is 1. The van der Waals surface area contributed by atoms with Crippen molar-refractivity contribution in [1.29, 1.82) is 0 Å². The molecule has 0 saturated heterocycles. The molecular weight excluding hydrogens is 202 g/mol. The molecule has 1 aliphatic rings. The van der Waals surface area contributed by atoms with Crippen molar-refractivity contribution in [3.8, 4) is 0 Å². The number of nitrogens with zero attached hydrogens (tertiary/aromatic N) is 2. The van der Waals surface area contributed by atoms with Crippen LogP contribution in [0.2, 0.25) is 0 Å². The predicted molar refractivity (Wildman–Crippen MR) is 62.4 cm³/mol. The fourth-order valence-electron chi connectivity index (χ4n) is 1.63. The van der Waals surface area contributed by atoms with Crippen LogP contribution in [0.25, 0.3) is 0 Å². The van der Waals surface area contributed by atoms with E-state index in [0.717, 1.165) is 5.56 Å². The smallest absolute Gasteiger partial charge is 0.182 e. The third kappa shape index (κ3) is 2.06. The van der Waals surface area contributed by atoms with E-state index >= 15 is 0 Å². The van der Waals surface area contributed by atoms with E-state index in [1.165, 1.54) is 0 Å². The molecule has 2 rings (SSSR count). The second-order valence-electron chi connectivity index (χ2n) is 3.84. The average molecular weight is 217 g/mol. The molecule has 0 spiro atoms. The first-order valence-corrected chi connectivity index (χ1v) is 5.18. The van der Waals surface area contributed by atoms with Gasteiger partial charge >= 0.3 is 0 Å². The summed E-state index contributed by atoms with van der Waals surface area (Å²) in [5.74, 6) is 0.0796. The van der Waals surface area contributed by atoms with Gasteiger partial charge in [0.1, 0.15) is 0 Å². The summed E-state index contributed by atoms with van der Waals surface area (Å²) in [7, 11) is 1.88. The Morgan fingerprint density at radius 2 is 2.00 bits per heavy atom. The first-order chi connectivity index (χ1) is 7.68. The number of carbonyl (C=O) groups excluding carboxylic acids is 1. The van der Waals surface area contributed by atoms with Gasteiger partial charge < -0.3 is 9.80 Å². The maximum Gasteiger partial charge on any atom is 0.182 e. The zero-order valence-electron chi connectivity index (χ0n) is 9.21. The number of rotatable bonds is 3. The fourth-order valence-corrected chi connectivity index (χ4v) is 1.63. The van der Waals surface area contributed by atoms with E-state index in [2.05, 4.69) is 0 Å². The highest BCUT2D eigenvalue weighted by molar-refractivity contribution is 5.97. The van der Waals surface area contributed by atoms with Gasteiger partial charge in [-0.25, -0.2) is 0 Å². The number of carbonyl (C=O) groups is 1. The lowest BCUT2D eigenvalue weighted by Gasteiger charge is -2.25. The van der Waals surface area contributed by atoms with Crippen LogP contribution in [0.15, 0.2) is 42.7 Å². The van der Waals surface area contributed by atoms with E-state index in [-0.39, 0.29) is 12.1 Å². The van der Waals surface area contributed by atoms with Gasteiger partial charge in [-0.3, -0.25) is 10.5 Å². The first-order valence-electron chi connectivity index (χ1n) is 5.18. The van der Waals surface area contributed by atoms with Crippen LogP contribution < -0.4 is 5.73 Å². The summed E-state index contributed by atoms with van der Waals surface area (Å²) in [5.41, 5.74) is 6.61. The molecule has 1 heterocycles. The number of hydrogen-bond acceptors (Lipinski definition) is 4. The monoisotopic (exact) mass is 217 g/mol. The Morgan fingerprint density at radius 3 is 2.56 bits per heavy atom. The van der Waals surface area contributed by atoms with Gasteiger partial charge in [-0.15, -0.1) is 0 Å². The second-order valence-corrected chi connectivity index (χ2v) is 3.84. The van der Waals surface area contributed by atoms with E-state index < -0.39 is 0 Å². The number of benzene rings is 1. The Balaban J connectivity index is 2.01. The average Bonchev–Trinajstić information content (AvgIpc) is 2.62. The molecule has 0 aromatic heterocycles. The molecule has 0 fully saturated rings. The van der Waals surface area contributed by atoms with Gasteiger partial charge in [-0.05, 0) is 0 Å². The molecule has 1 aliphatic heterocycles. The van der Waals surface area contributed by atoms with Crippen LogP contribution in [-0.4, -0.2) is 35.5 Å². The zero-order valence-corrected chi connectivity index (χ0v) is 9.21. The molecule has 0 radical (unpaired) electrons. The van der Waals surface area contributed by atoms with Gasteiger partial charge in [-0.1, -0.05) is 30.3 Å². The maximum absolute atomic E-state index is 11.9. The largest absolute Gasteiger partial charge is 0.347 e.